The molecular weight excluding hydrogens is 336 g/mol. The highest BCUT2D eigenvalue weighted by Crippen LogP contribution is 2.22. The maximum absolute atomic E-state index is 12.0. The van der Waals surface area contributed by atoms with E-state index < -0.39 is 18.5 Å². The zero-order valence-electron chi connectivity index (χ0n) is 13.5. The zero-order chi connectivity index (χ0) is 18.4. The lowest BCUT2D eigenvalue weighted by atomic mass is 10.1. The van der Waals surface area contributed by atoms with Crippen molar-refractivity contribution in [1.82, 2.24) is 4.98 Å². The SMILES string of the molecule is O=Cc1ccc(-c2ccc(C(=O)OCC(=O)Nc3ccccn3)cc2)o1. The third-order valence-electron chi connectivity index (χ3n) is 3.41. The quantitative estimate of drug-likeness (QED) is 0.542. The second-order valence-corrected chi connectivity index (χ2v) is 5.24. The Morgan fingerprint density at radius 1 is 1.08 bits per heavy atom. The number of hydrogen-bond acceptors (Lipinski definition) is 6. The molecule has 1 aromatic carbocycles. The van der Waals surface area contributed by atoms with Crippen LogP contribution in [-0.2, 0) is 9.53 Å². The van der Waals surface area contributed by atoms with Gasteiger partial charge in [-0.25, -0.2) is 9.78 Å². The summed E-state index contributed by atoms with van der Waals surface area (Å²) in [5, 5.41) is 2.52. The van der Waals surface area contributed by atoms with Crippen LogP contribution in [0.4, 0.5) is 5.82 Å². The van der Waals surface area contributed by atoms with Crippen LogP contribution in [0, 0.1) is 0 Å². The molecule has 2 aromatic heterocycles. The Morgan fingerprint density at radius 3 is 2.54 bits per heavy atom. The number of nitrogens with one attached hydrogen (secondary N) is 1. The Hall–Kier alpha value is -3.74. The molecule has 26 heavy (non-hydrogen) atoms. The van der Waals surface area contributed by atoms with Crippen molar-refractivity contribution in [3.8, 4) is 11.3 Å². The number of hydrogen-bond donors (Lipinski definition) is 1. The standard InChI is InChI=1S/C19H14N2O5/c22-11-15-8-9-16(26-15)13-4-6-14(7-5-13)19(24)25-12-18(23)21-17-3-1-2-10-20-17/h1-11H,12H2,(H,20,21,23). The lowest BCUT2D eigenvalue weighted by Crippen LogP contribution is -2.21. The van der Waals surface area contributed by atoms with Crippen molar-refractivity contribution < 1.29 is 23.5 Å². The van der Waals surface area contributed by atoms with E-state index in [-0.39, 0.29) is 5.76 Å². The molecule has 0 aliphatic rings. The molecule has 0 bridgehead atoms. The number of anilines is 1. The number of esters is 1. The fourth-order valence-corrected chi connectivity index (χ4v) is 2.17. The van der Waals surface area contributed by atoms with Crippen LogP contribution in [0.3, 0.4) is 0 Å². The molecule has 0 saturated carbocycles. The van der Waals surface area contributed by atoms with Gasteiger partial charge >= 0.3 is 5.97 Å². The Morgan fingerprint density at radius 2 is 1.88 bits per heavy atom. The molecule has 0 aliphatic heterocycles. The van der Waals surface area contributed by atoms with Crippen molar-refractivity contribution in [3.63, 3.8) is 0 Å². The highest BCUT2D eigenvalue weighted by molar-refractivity contribution is 5.95. The van der Waals surface area contributed by atoms with E-state index in [1.54, 1.807) is 60.8 Å². The first kappa shape index (κ1) is 17.1. The maximum atomic E-state index is 12.0. The molecule has 3 rings (SSSR count). The van der Waals surface area contributed by atoms with Crippen molar-refractivity contribution in [2.24, 2.45) is 0 Å². The van der Waals surface area contributed by atoms with Gasteiger partial charge in [0.1, 0.15) is 11.6 Å². The summed E-state index contributed by atoms with van der Waals surface area (Å²) in [6.45, 7) is -0.419. The number of aromatic nitrogens is 1. The Balaban J connectivity index is 1.56. The molecule has 0 saturated heterocycles. The highest BCUT2D eigenvalue weighted by atomic mass is 16.5. The largest absolute Gasteiger partial charge is 0.453 e. The van der Waals surface area contributed by atoms with E-state index in [4.69, 9.17) is 9.15 Å². The van der Waals surface area contributed by atoms with Crippen LogP contribution in [0.1, 0.15) is 20.9 Å². The summed E-state index contributed by atoms with van der Waals surface area (Å²) < 4.78 is 10.3. The molecule has 0 radical (unpaired) electrons. The topological polar surface area (TPSA) is 98.5 Å². The predicted octanol–water partition coefficient (Wildman–Crippen LogP) is 2.95. The van der Waals surface area contributed by atoms with E-state index in [9.17, 15) is 14.4 Å². The Labute approximate surface area is 148 Å². The average molecular weight is 350 g/mol. The molecule has 1 amide bonds. The minimum atomic E-state index is -0.624. The molecule has 0 atom stereocenters. The third kappa shape index (κ3) is 4.21. The summed E-state index contributed by atoms with van der Waals surface area (Å²) in [4.78, 5) is 38.4. The smallest absolute Gasteiger partial charge is 0.338 e. The van der Waals surface area contributed by atoms with Crippen molar-refractivity contribution in [3.05, 3.63) is 72.1 Å². The normalized spacial score (nSPS) is 10.2. The summed E-state index contributed by atoms with van der Waals surface area (Å²) in [5.41, 5.74) is 1.00. The van der Waals surface area contributed by atoms with Gasteiger partial charge in [0.05, 0.1) is 5.56 Å². The van der Waals surface area contributed by atoms with Crippen LogP contribution in [0.2, 0.25) is 0 Å². The van der Waals surface area contributed by atoms with E-state index in [0.717, 1.165) is 0 Å². The van der Waals surface area contributed by atoms with E-state index in [2.05, 4.69) is 10.3 Å². The van der Waals surface area contributed by atoms with Crippen molar-refractivity contribution in [2.45, 2.75) is 0 Å². The van der Waals surface area contributed by atoms with Gasteiger partial charge in [-0.3, -0.25) is 9.59 Å². The third-order valence-corrected chi connectivity index (χ3v) is 3.41. The molecule has 0 spiro atoms. The van der Waals surface area contributed by atoms with Gasteiger partial charge in [-0.05, 0) is 36.4 Å². The lowest BCUT2D eigenvalue weighted by Gasteiger charge is -2.06. The number of aldehydes is 1. The summed E-state index contributed by atoms with van der Waals surface area (Å²) >= 11 is 0. The summed E-state index contributed by atoms with van der Waals surface area (Å²) in [7, 11) is 0. The van der Waals surface area contributed by atoms with Gasteiger partial charge < -0.3 is 14.5 Å². The monoisotopic (exact) mass is 350 g/mol. The molecule has 1 N–H and O–H groups in total. The van der Waals surface area contributed by atoms with Crippen LogP contribution < -0.4 is 5.32 Å². The van der Waals surface area contributed by atoms with Gasteiger partial charge in [-0.1, -0.05) is 18.2 Å². The Kier molecular flexibility index (Phi) is 5.19. The Bertz CT molecular complexity index is 917. The number of nitrogens with zero attached hydrogens (tertiary/aromatic N) is 1. The van der Waals surface area contributed by atoms with E-state index in [1.807, 2.05) is 0 Å². The van der Waals surface area contributed by atoms with E-state index >= 15 is 0 Å². The summed E-state index contributed by atoms with van der Waals surface area (Å²) in [6, 6.07) is 14.7. The number of pyridine rings is 1. The molecule has 7 heteroatoms. The van der Waals surface area contributed by atoms with E-state index in [0.29, 0.717) is 29.0 Å². The van der Waals surface area contributed by atoms with Crippen LogP contribution in [-0.4, -0.2) is 29.8 Å². The van der Waals surface area contributed by atoms with Gasteiger partial charge in [-0.15, -0.1) is 0 Å². The van der Waals surface area contributed by atoms with E-state index in [1.165, 1.54) is 0 Å². The maximum Gasteiger partial charge on any atom is 0.338 e. The predicted molar refractivity (Wildman–Crippen MR) is 92.7 cm³/mol. The zero-order valence-corrected chi connectivity index (χ0v) is 13.5. The first-order valence-corrected chi connectivity index (χ1v) is 7.69. The molecule has 0 aliphatic carbocycles. The number of rotatable bonds is 6. The van der Waals surface area contributed by atoms with Crippen LogP contribution >= 0.6 is 0 Å². The number of carbonyl (C=O) groups is 3. The van der Waals surface area contributed by atoms with Crippen LogP contribution in [0.25, 0.3) is 11.3 Å². The van der Waals surface area contributed by atoms with Crippen molar-refractivity contribution >= 4 is 24.0 Å². The minimum absolute atomic E-state index is 0.224. The fraction of sp³-hybridized carbons (Fsp3) is 0.0526. The van der Waals surface area contributed by atoms with Gasteiger partial charge in [0.2, 0.25) is 0 Å². The molecule has 3 aromatic rings. The van der Waals surface area contributed by atoms with Crippen LogP contribution in [0.15, 0.2) is 65.2 Å². The summed E-state index contributed by atoms with van der Waals surface area (Å²) in [6.07, 6.45) is 2.16. The molecule has 7 nitrogen and oxygen atoms in total. The molecule has 0 fully saturated rings. The van der Waals surface area contributed by atoms with Crippen molar-refractivity contribution in [1.29, 1.82) is 0 Å². The molecular formula is C19H14N2O5. The first-order chi connectivity index (χ1) is 12.7. The van der Waals surface area contributed by atoms with Gasteiger partial charge in [0, 0.05) is 11.8 Å². The fourth-order valence-electron chi connectivity index (χ4n) is 2.17. The number of carbonyl (C=O) groups excluding carboxylic acids is 3. The van der Waals surface area contributed by atoms with Crippen molar-refractivity contribution in [2.75, 3.05) is 11.9 Å². The molecule has 2 heterocycles. The van der Waals surface area contributed by atoms with Gasteiger partial charge in [-0.2, -0.15) is 0 Å². The molecule has 130 valence electrons. The second-order valence-electron chi connectivity index (χ2n) is 5.24. The van der Waals surface area contributed by atoms with Crippen LogP contribution in [0.5, 0.6) is 0 Å². The number of amides is 1. The number of benzene rings is 1. The second kappa shape index (κ2) is 7.89. The van der Waals surface area contributed by atoms with Gasteiger partial charge in [0.25, 0.3) is 5.91 Å². The average Bonchev–Trinajstić information content (AvgIpc) is 3.16. The summed E-state index contributed by atoms with van der Waals surface area (Å²) in [5.74, 6) is 0.0154. The minimum Gasteiger partial charge on any atom is -0.453 e. The van der Waals surface area contributed by atoms with Gasteiger partial charge in [0.15, 0.2) is 18.7 Å². The highest BCUT2D eigenvalue weighted by Gasteiger charge is 2.12. The lowest BCUT2D eigenvalue weighted by molar-refractivity contribution is -0.119. The number of furan rings is 1. The first-order valence-electron chi connectivity index (χ1n) is 7.69. The molecule has 0 unspecified atom stereocenters. The number of ether oxygens (including phenoxy) is 1.